The predicted molar refractivity (Wildman–Crippen MR) is 82.4 cm³/mol. The van der Waals surface area contributed by atoms with Crippen molar-refractivity contribution >= 4 is 34.8 Å². The minimum absolute atomic E-state index is 0.00188. The first kappa shape index (κ1) is 13.5. The Bertz CT molecular complexity index is 631. The first-order valence-corrected chi connectivity index (χ1v) is 7.19. The number of anilines is 1. The maximum Gasteiger partial charge on any atom is 0.235 e. The van der Waals surface area contributed by atoms with Gasteiger partial charge in [0, 0.05) is 15.7 Å². The van der Waals surface area contributed by atoms with Gasteiger partial charge in [-0.05, 0) is 36.6 Å². The number of carbonyl (C=O) groups excluding carboxylic acids is 1. The molecule has 1 aliphatic carbocycles. The summed E-state index contributed by atoms with van der Waals surface area (Å²) in [5.41, 5.74) is 1.30. The first-order valence-electron chi connectivity index (χ1n) is 6.43. The van der Waals surface area contributed by atoms with Crippen molar-refractivity contribution in [2.24, 2.45) is 0 Å². The molecule has 2 aromatic rings. The Balaban J connectivity index is 1.83. The third-order valence-electron chi connectivity index (χ3n) is 3.63. The lowest BCUT2D eigenvalue weighted by Gasteiger charge is -2.16. The minimum atomic E-state index is -0.393. The van der Waals surface area contributed by atoms with Crippen LogP contribution in [0.4, 0.5) is 5.69 Å². The van der Waals surface area contributed by atoms with Crippen molar-refractivity contribution in [2.75, 3.05) is 5.32 Å². The lowest BCUT2D eigenvalue weighted by atomic mass is 9.95. The highest BCUT2D eigenvalue weighted by Crippen LogP contribution is 2.49. The van der Waals surface area contributed by atoms with Gasteiger partial charge in [0.25, 0.3) is 0 Å². The van der Waals surface area contributed by atoms with Crippen molar-refractivity contribution in [3.05, 3.63) is 64.1 Å². The van der Waals surface area contributed by atoms with Crippen LogP contribution in [0.3, 0.4) is 0 Å². The highest BCUT2D eigenvalue weighted by molar-refractivity contribution is 6.35. The number of carbonyl (C=O) groups is 1. The molecule has 20 heavy (non-hydrogen) atoms. The molecule has 1 amide bonds. The molecular formula is C16H13Cl2NO. The summed E-state index contributed by atoms with van der Waals surface area (Å²) in [6, 6.07) is 14.9. The van der Waals surface area contributed by atoms with Gasteiger partial charge in [-0.15, -0.1) is 0 Å². The molecular weight excluding hydrogens is 293 g/mol. The van der Waals surface area contributed by atoms with E-state index in [2.05, 4.69) is 5.32 Å². The Morgan fingerprint density at radius 1 is 1.00 bits per heavy atom. The zero-order valence-corrected chi connectivity index (χ0v) is 12.2. The maximum absolute atomic E-state index is 12.5. The Morgan fingerprint density at radius 2 is 1.60 bits per heavy atom. The standard InChI is InChI=1S/C16H13Cl2NO/c17-12-8-13(18)10-14(9-12)19-15(20)16(6-7-16)11-4-2-1-3-5-11/h1-5,8-10H,6-7H2,(H,19,20). The smallest absolute Gasteiger partial charge is 0.235 e. The SMILES string of the molecule is O=C(Nc1cc(Cl)cc(Cl)c1)C1(c2ccccc2)CC1. The maximum atomic E-state index is 12.5. The first-order chi connectivity index (χ1) is 9.60. The van der Waals surface area contributed by atoms with Gasteiger partial charge in [0.2, 0.25) is 5.91 Å². The summed E-state index contributed by atoms with van der Waals surface area (Å²) in [5.74, 6) is 0.00188. The largest absolute Gasteiger partial charge is 0.325 e. The van der Waals surface area contributed by atoms with Crippen LogP contribution >= 0.6 is 23.2 Å². The van der Waals surface area contributed by atoms with Crippen LogP contribution in [0.15, 0.2) is 48.5 Å². The average molecular weight is 306 g/mol. The van der Waals surface area contributed by atoms with Crippen molar-refractivity contribution in [2.45, 2.75) is 18.3 Å². The molecule has 1 fully saturated rings. The van der Waals surface area contributed by atoms with E-state index < -0.39 is 5.41 Å². The summed E-state index contributed by atoms with van der Waals surface area (Å²) in [6.07, 6.45) is 1.74. The van der Waals surface area contributed by atoms with E-state index in [4.69, 9.17) is 23.2 Å². The van der Waals surface area contributed by atoms with E-state index in [1.54, 1.807) is 18.2 Å². The topological polar surface area (TPSA) is 29.1 Å². The van der Waals surface area contributed by atoms with E-state index in [0.717, 1.165) is 18.4 Å². The molecule has 2 aromatic carbocycles. The van der Waals surface area contributed by atoms with Crippen LogP contribution in [0.2, 0.25) is 10.0 Å². The molecule has 0 heterocycles. The van der Waals surface area contributed by atoms with Crippen molar-refractivity contribution in [3.63, 3.8) is 0 Å². The molecule has 3 rings (SSSR count). The van der Waals surface area contributed by atoms with Gasteiger partial charge >= 0.3 is 0 Å². The molecule has 102 valence electrons. The number of halogens is 2. The van der Waals surface area contributed by atoms with Gasteiger partial charge in [-0.2, -0.15) is 0 Å². The molecule has 0 aliphatic heterocycles. The molecule has 1 N–H and O–H groups in total. The summed E-state index contributed by atoms with van der Waals surface area (Å²) in [6.45, 7) is 0. The highest BCUT2D eigenvalue weighted by atomic mass is 35.5. The molecule has 1 saturated carbocycles. The number of amides is 1. The zero-order valence-electron chi connectivity index (χ0n) is 10.7. The van der Waals surface area contributed by atoms with Crippen LogP contribution < -0.4 is 5.32 Å². The molecule has 0 bridgehead atoms. The third-order valence-corrected chi connectivity index (χ3v) is 4.07. The van der Waals surface area contributed by atoms with Gasteiger partial charge in [0.05, 0.1) is 5.41 Å². The predicted octanol–water partition coefficient (Wildman–Crippen LogP) is 4.66. The second kappa shape index (κ2) is 5.12. The van der Waals surface area contributed by atoms with Gasteiger partial charge in [-0.1, -0.05) is 53.5 Å². The Hall–Kier alpha value is -1.51. The summed E-state index contributed by atoms with van der Waals surface area (Å²) in [5, 5.41) is 3.94. The molecule has 0 atom stereocenters. The van der Waals surface area contributed by atoms with Crippen LogP contribution in [-0.4, -0.2) is 5.91 Å². The van der Waals surface area contributed by atoms with Gasteiger partial charge in [0.15, 0.2) is 0 Å². The second-order valence-corrected chi connectivity index (χ2v) is 5.93. The van der Waals surface area contributed by atoms with Crippen molar-refractivity contribution in [1.82, 2.24) is 0 Å². The Kier molecular flexibility index (Phi) is 3.45. The lowest BCUT2D eigenvalue weighted by Crippen LogP contribution is -2.27. The van der Waals surface area contributed by atoms with Crippen molar-refractivity contribution in [1.29, 1.82) is 0 Å². The number of rotatable bonds is 3. The fourth-order valence-corrected chi connectivity index (χ4v) is 2.93. The number of hydrogen-bond acceptors (Lipinski definition) is 1. The van der Waals surface area contributed by atoms with Crippen LogP contribution in [0.1, 0.15) is 18.4 Å². The molecule has 0 aromatic heterocycles. The second-order valence-electron chi connectivity index (χ2n) is 5.06. The third kappa shape index (κ3) is 2.54. The fourth-order valence-electron chi connectivity index (χ4n) is 2.41. The van der Waals surface area contributed by atoms with E-state index in [1.165, 1.54) is 0 Å². The van der Waals surface area contributed by atoms with Crippen molar-refractivity contribution in [3.8, 4) is 0 Å². The molecule has 0 unspecified atom stereocenters. The molecule has 0 spiro atoms. The number of nitrogens with one attached hydrogen (secondary N) is 1. The highest BCUT2D eigenvalue weighted by Gasteiger charge is 2.51. The van der Waals surface area contributed by atoms with Crippen LogP contribution in [-0.2, 0) is 10.2 Å². The van der Waals surface area contributed by atoms with Gasteiger partial charge < -0.3 is 5.32 Å². The quantitative estimate of drug-likeness (QED) is 0.877. The van der Waals surface area contributed by atoms with E-state index in [0.29, 0.717) is 15.7 Å². The van der Waals surface area contributed by atoms with E-state index in [-0.39, 0.29) is 5.91 Å². The number of hydrogen-bond donors (Lipinski definition) is 1. The minimum Gasteiger partial charge on any atom is -0.325 e. The number of benzene rings is 2. The molecule has 4 heteroatoms. The van der Waals surface area contributed by atoms with E-state index in [9.17, 15) is 4.79 Å². The monoisotopic (exact) mass is 305 g/mol. The lowest BCUT2D eigenvalue weighted by molar-refractivity contribution is -0.118. The van der Waals surface area contributed by atoms with E-state index >= 15 is 0 Å². The van der Waals surface area contributed by atoms with Crippen LogP contribution in [0.25, 0.3) is 0 Å². The summed E-state index contributed by atoms with van der Waals surface area (Å²) >= 11 is 11.9. The molecule has 0 saturated heterocycles. The molecule has 0 radical (unpaired) electrons. The fraction of sp³-hybridized carbons (Fsp3) is 0.188. The summed E-state index contributed by atoms with van der Waals surface area (Å²) in [4.78, 5) is 12.5. The van der Waals surface area contributed by atoms with Gasteiger partial charge in [-0.3, -0.25) is 4.79 Å². The Morgan fingerprint density at radius 3 is 2.15 bits per heavy atom. The zero-order chi connectivity index (χ0) is 14.2. The van der Waals surface area contributed by atoms with Gasteiger partial charge in [0.1, 0.15) is 0 Å². The molecule has 1 aliphatic rings. The van der Waals surface area contributed by atoms with Crippen LogP contribution in [0, 0.1) is 0 Å². The van der Waals surface area contributed by atoms with Crippen LogP contribution in [0.5, 0.6) is 0 Å². The summed E-state index contributed by atoms with van der Waals surface area (Å²) in [7, 11) is 0. The normalized spacial score (nSPS) is 15.7. The molecule has 2 nitrogen and oxygen atoms in total. The van der Waals surface area contributed by atoms with Crippen molar-refractivity contribution < 1.29 is 4.79 Å². The average Bonchev–Trinajstić information content (AvgIpc) is 3.20. The van der Waals surface area contributed by atoms with Gasteiger partial charge in [-0.25, -0.2) is 0 Å². The van der Waals surface area contributed by atoms with E-state index in [1.807, 2.05) is 30.3 Å². The summed E-state index contributed by atoms with van der Waals surface area (Å²) < 4.78 is 0. The Labute approximate surface area is 127 Å².